The van der Waals surface area contributed by atoms with Crippen molar-refractivity contribution in [1.82, 2.24) is 9.97 Å². The highest BCUT2D eigenvalue weighted by molar-refractivity contribution is 8.00. The summed E-state index contributed by atoms with van der Waals surface area (Å²) in [7, 11) is 0. The minimum absolute atomic E-state index is 0.195. The van der Waals surface area contributed by atoms with Crippen molar-refractivity contribution in [2.24, 2.45) is 0 Å². The summed E-state index contributed by atoms with van der Waals surface area (Å²) >= 11 is 15.1. The number of hydrogen-bond donors (Lipinski definition) is 1. The number of thioether (sulfide) groups is 1. The van der Waals surface area contributed by atoms with E-state index >= 15 is 0 Å². The molecule has 120 valence electrons. The highest BCUT2D eigenvalue weighted by Gasteiger charge is 2.17. The second kappa shape index (κ2) is 6.81. The molecule has 0 unspecified atom stereocenters. The van der Waals surface area contributed by atoms with Crippen LogP contribution in [0.5, 0.6) is 0 Å². The first-order valence-corrected chi connectivity index (χ1v) is 9.50. The molecule has 1 atom stereocenters. The summed E-state index contributed by atoms with van der Waals surface area (Å²) in [4.78, 5) is 8.41. The van der Waals surface area contributed by atoms with E-state index in [1.807, 2.05) is 19.2 Å². The average Bonchev–Trinajstić information content (AvgIpc) is 2.93. The molecule has 0 fully saturated rings. The van der Waals surface area contributed by atoms with Gasteiger partial charge in [0.15, 0.2) is 15.8 Å². The lowest BCUT2D eigenvalue weighted by atomic mass is 10.1. The van der Waals surface area contributed by atoms with Gasteiger partial charge in [-0.25, -0.2) is 14.4 Å². The van der Waals surface area contributed by atoms with Gasteiger partial charge in [0.05, 0.1) is 17.9 Å². The zero-order chi connectivity index (χ0) is 16.6. The molecule has 0 aliphatic rings. The van der Waals surface area contributed by atoms with Crippen molar-refractivity contribution < 1.29 is 4.39 Å². The van der Waals surface area contributed by atoms with Gasteiger partial charge in [0.2, 0.25) is 0 Å². The average molecular weight is 388 g/mol. The first-order chi connectivity index (χ1) is 11.0. The van der Waals surface area contributed by atoms with Crippen LogP contribution >= 0.6 is 46.3 Å². The van der Waals surface area contributed by atoms with Crippen molar-refractivity contribution in [3.05, 3.63) is 45.8 Å². The third-order valence-electron chi connectivity index (χ3n) is 3.32. The summed E-state index contributed by atoms with van der Waals surface area (Å²) < 4.78 is 15.8. The Balaban J connectivity index is 2.00. The molecule has 0 bridgehead atoms. The van der Waals surface area contributed by atoms with E-state index in [2.05, 4.69) is 15.3 Å². The van der Waals surface area contributed by atoms with Crippen molar-refractivity contribution in [2.45, 2.75) is 17.3 Å². The van der Waals surface area contributed by atoms with Crippen LogP contribution in [-0.2, 0) is 0 Å². The number of hydrogen-bond acceptors (Lipinski definition) is 5. The van der Waals surface area contributed by atoms with Crippen LogP contribution in [0.15, 0.2) is 28.7 Å². The lowest BCUT2D eigenvalue weighted by molar-refractivity contribution is 0.624. The minimum Gasteiger partial charge on any atom is -0.375 e. The SMILES string of the molecule is CSc1nc2ncc(F)c(N[C@H](C)c3ccc(Cl)cc3Cl)c2s1. The smallest absolute Gasteiger partial charge is 0.173 e. The predicted molar refractivity (Wildman–Crippen MR) is 97.7 cm³/mol. The van der Waals surface area contributed by atoms with Crippen molar-refractivity contribution >= 4 is 62.3 Å². The molecule has 1 aromatic carbocycles. The van der Waals surface area contributed by atoms with Gasteiger partial charge in [0, 0.05) is 10.0 Å². The number of aromatic nitrogens is 2. The van der Waals surface area contributed by atoms with E-state index in [4.69, 9.17) is 23.2 Å². The number of fused-ring (bicyclic) bond motifs is 1. The Hall–Kier alpha value is -1.08. The summed E-state index contributed by atoms with van der Waals surface area (Å²) in [5.41, 5.74) is 1.78. The zero-order valence-corrected chi connectivity index (χ0v) is 15.4. The van der Waals surface area contributed by atoms with Crippen LogP contribution in [0.25, 0.3) is 10.3 Å². The number of rotatable bonds is 4. The predicted octanol–water partition coefficient (Wildman–Crippen LogP) is 6.03. The van der Waals surface area contributed by atoms with Crippen LogP contribution in [0, 0.1) is 5.82 Å². The standard InChI is InChI=1S/C15H12Cl2FN3S2/c1-7(9-4-3-8(16)5-10(9)17)20-12-11(18)6-19-14-13(12)23-15(21-14)22-2/h3-7H,1-2H3,(H,19,20)/t7-/m1/s1. The summed E-state index contributed by atoms with van der Waals surface area (Å²) in [5, 5.41) is 4.29. The fourth-order valence-corrected chi connectivity index (χ4v) is 4.29. The molecule has 8 heteroatoms. The third kappa shape index (κ3) is 3.40. The number of anilines is 1. The van der Waals surface area contributed by atoms with E-state index in [9.17, 15) is 4.39 Å². The molecule has 0 saturated heterocycles. The molecule has 2 aromatic heterocycles. The Labute approximate surface area is 151 Å². The number of halogens is 3. The van der Waals surface area contributed by atoms with Crippen molar-refractivity contribution in [1.29, 1.82) is 0 Å². The third-order valence-corrected chi connectivity index (χ3v) is 5.93. The van der Waals surface area contributed by atoms with Crippen LogP contribution in [0.1, 0.15) is 18.5 Å². The highest BCUT2D eigenvalue weighted by Crippen LogP contribution is 2.36. The Morgan fingerprint density at radius 3 is 2.83 bits per heavy atom. The number of benzene rings is 1. The van der Waals surface area contributed by atoms with Crippen molar-refractivity contribution in [3.8, 4) is 0 Å². The molecular formula is C15H12Cl2FN3S2. The molecule has 3 aromatic rings. The topological polar surface area (TPSA) is 37.8 Å². The summed E-state index contributed by atoms with van der Waals surface area (Å²) in [6.07, 6.45) is 3.11. The van der Waals surface area contributed by atoms with Gasteiger partial charge in [-0.15, -0.1) is 11.3 Å². The maximum Gasteiger partial charge on any atom is 0.173 e. The Bertz CT molecular complexity index is 869. The second-order valence-corrected chi connectivity index (χ2v) is 7.75. The fourth-order valence-electron chi connectivity index (χ4n) is 2.20. The molecule has 0 spiro atoms. The van der Waals surface area contributed by atoms with E-state index in [0.29, 0.717) is 26.1 Å². The quantitative estimate of drug-likeness (QED) is 0.554. The number of nitrogens with one attached hydrogen (secondary N) is 1. The van der Waals surface area contributed by atoms with Crippen LogP contribution in [0.4, 0.5) is 10.1 Å². The molecule has 23 heavy (non-hydrogen) atoms. The highest BCUT2D eigenvalue weighted by atomic mass is 35.5. The van der Waals surface area contributed by atoms with E-state index in [1.54, 1.807) is 12.1 Å². The van der Waals surface area contributed by atoms with Crippen molar-refractivity contribution in [3.63, 3.8) is 0 Å². The molecule has 0 aliphatic heterocycles. The largest absolute Gasteiger partial charge is 0.375 e. The lowest BCUT2D eigenvalue weighted by Crippen LogP contribution is -2.09. The minimum atomic E-state index is -0.411. The molecule has 0 amide bonds. The summed E-state index contributed by atoms with van der Waals surface area (Å²) in [6.45, 7) is 1.91. The van der Waals surface area contributed by atoms with E-state index in [0.717, 1.165) is 9.90 Å². The first-order valence-electron chi connectivity index (χ1n) is 6.70. The van der Waals surface area contributed by atoms with Gasteiger partial charge in [-0.3, -0.25) is 0 Å². The normalized spacial score (nSPS) is 12.6. The van der Waals surface area contributed by atoms with Crippen molar-refractivity contribution in [2.75, 3.05) is 11.6 Å². The fraction of sp³-hybridized carbons (Fsp3) is 0.200. The van der Waals surface area contributed by atoms with E-state index < -0.39 is 5.82 Å². The Kier molecular flexibility index (Phi) is 4.96. The number of thiazole rings is 1. The van der Waals surface area contributed by atoms with Gasteiger partial charge in [0.25, 0.3) is 0 Å². The lowest BCUT2D eigenvalue weighted by Gasteiger charge is -2.18. The van der Waals surface area contributed by atoms with Gasteiger partial charge in [-0.05, 0) is 30.9 Å². The van der Waals surface area contributed by atoms with Crippen LogP contribution in [0.2, 0.25) is 10.0 Å². The van der Waals surface area contributed by atoms with E-state index in [1.165, 1.54) is 29.3 Å². The molecule has 0 saturated carbocycles. The van der Waals surface area contributed by atoms with Crippen LogP contribution in [-0.4, -0.2) is 16.2 Å². The van der Waals surface area contributed by atoms with Gasteiger partial charge in [-0.1, -0.05) is 41.0 Å². The van der Waals surface area contributed by atoms with E-state index in [-0.39, 0.29) is 6.04 Å². The maximum absolute atomic E-state index is 14.3. The first kappa shape index (κ1) is 16.8. The zero-order valence-electron chi connectivity index (χ0n) is 12.2. The molecule has 3 rings (SSSR count). The Morgan fingerprint density at radius 1 is 1.35 bits per heavy atom. The molecule has 2 heterocycles. The van der Waals surface area contributed by atoms with Gasteiger partial charge in [0.1, 0.15) is 4.70 Å². The van der Waals surface area contributed by atoms with Crippen LogP contribution < -0.4 is 5.32 Å². The summed E-state index contributed by atoms with van der Waals surface area (Å²) in [5.74, 6) is -0.411. The maximum atomic E-state index is 14.3. The summed E-state index contributed by atoms with van der Waals surface area (Å²) in [6, 6.07) is 5.07. The molecular weight excluding hydrogens is 376 g/mol. The molecule has 0 aliphatic carbocycles. The second-order valence-electron chi connectivity index (χ2n) is 4.85. The van der Waals surface area contributed by atoms with Crippen LogP contribution in [0.3, 0.4) is 0 Å². The number of nitrogens with zero attached hydrogens (tertiary/aromatic N) is 2. The molecule has 0 radical (unpaired) electrons. The monoisotopic (exact) mass is 387 g/mol. The Morgan fingerprint density at radius 2 is 2.13 bits per heavy atom. The molecule has 1 N–H and O–H groups in total. The van der Waals surface area contributed by atoms with Gasteiger partial charge in [-0.2, -0.15) is 0 Å². The van der Waals surface area contributed by atoms with Gasteiger partial charge >= 0.3 is 0 Å². The van der Waals surface area contributed by atoms with Gasteiger partial charge < -0.3 is 5.32 Å². The number of pyridine rings is 1. The molecule has 3 nitrogen and oxygen atoms in total.